The van der Waals surface area contributed by atoms with Gasteiger partial charge in [0.05, 0.1) is 58.0 Å². The maximum Gasteiger partial charge on any atom is 0.416 e. The Labute approximate surface area is 478 Å². The quantitative estimate of drug-likeness (QED) is 0.0486. The third kappa shape index (κ3) is 18.6. The molecule has 0 bridgehead atoms. The van der Waals surface area contributed by atoms with E-state index in [0.717, 1.165) is 40.5 Å². The number of halogens is 4. The summed E-state index contributed by atoms with van der Waals surface area (Å²) in [5.41, 5.74) is 6.13. The number of methoxy groups -OCH3 is 1. The van der Waals surface area contributed by atoms with Crippen LogP contribution < -0.4 is 4.74 Å². The highest BCUT2D eigenvalue weighted by molar-refractivity contribution is 6.30. The summed E-state index contributed by atoms with van der Waals surface area (Å²) in [5.74, 6) is -3.61. The fraction of sp³-hybridized carbons (Fsp3) is 0.119. The monoisotopic (exact) mass is 1170 g/mol. The number of aryl methyl sites for hydroxylation is 1. The second-order valence-corrected chi connectivity index (χ2v) is 18.3. The average Bonchev–Trinajstić information content (AvgIpc) is 3.64. The molecule has 0 aliphatic carbocycles. The van der Waals surface area contributed by atoms with Gasteiger partial charge in [0.25, 0.3) is 22.7 Å². The molecule has 0 spiro atoms. The van der Waals surface area contributed by atoms with E-state index in [-0.39, 0.29) is 47.6 Å². The van der Waals surface area contributed by atoms with Gasteiger partial charge in [-0.25, -0.2) is 0 Å². The number of hydrogen-bond acceptors (Lipinski definition) is 13. The lowest BCUT2D eigenvalue weighted by Gasteiger charge is -2.10. The van der Waals surface area contributed by atoms with Crippen LogP contribution in [-0.4, -0.2) is 71.1 Å². The molecule has 8 aromatic carbocycles. The Morgan fingerprint density at radius 3 is 0.917 bits per heavy atom. The van der Waals surface area contributed by atoms with Crippen molar-refractivity contribution in [3.8, 4) is 50.3 Å². The number of nitro benzene ring substituents is 4. The van der Waals surface area contributed by atoms with E-state index in [9.17, 15) is 72.8 Å². The van der Waals surface area contributed by atoms with Gasteiger partial charge in [-0.3, -0.25) is 59.6 Å². The van der Waals surface area contributed by atoms with Gasteiger partial charge in [0.1, 0.15) is 5.75 Å². The van der Waals surface area contributed by atoms with Crippen LogP contribution in [-0.2, 0) is 51.0 Å². The number of benzene rings is 8. The molecule has 8 aromatic rings. The molecule has 0 heterocycles. The Morgan fingerprint density at radius 2 is 0.679 bits per heavy atom. The van der Waals surface area contributed by atoms with E-state index in [1.807, 2.05) is 31.2 Å². The predicted molar refractivity (Wildman–Crippen MR) is 301 cm³/mol. The first-order valence-corrected chi connectivity index (χ1v) is 24.6. The lowest BCUT2D eigenvalue weighted by atomic mass is 9.96. The number of nitrogens with zero attached hydrogens (tertiary/aromatic N) is 4. The average molecular weight is 1180 g/mol. The second-order valence-electron chi connectivity index (χ2n) is 17.9. The van der Waals surface area contributed by atoms with E-state index in [2.05, 4.69) is 0 Å². The first-order chi connectivity index (χ1) is 39.6. The summed E-state index contributed by atoms with van der Waals surface area (Å²) >= 11 is 5.81. The predicted octanol–water partition coefficient (Wildman–Crippen LogP) is 13.5. The van der Waals surface area contributed by atoms with E-state index in [4.69, 9.17) is 36.8 Å². The molecule has 0 aliphatic heterocycles. The number of carboxylic acid groups (broad SMARTS) is 4. The van der Waals surface area contributed by atoms with Gasteiger partial charge in [-0.15, -0.1) is 0 Å². The van der Waals surface area contributed by atoms with Crippen molar-refractivity contribution in [2.45, 2.75) is 38.8 Å². The van der Waals surface area contributed by atoms with Gasteiger partial charge in [0.2, 0.25) is 0 Å². The molecule has 0 saturated carbocycles. The van der Waals surface area contributed by atoms with Crippen LogP contribution in [0.1, 0.15) is 33.4 Å². The van der Waals surface area contributed by atoms with Crippen LogP contribution in [0.3, 0.4) is 0 Å². The maximum absolute atomic E-state index is 12.6. The molecule has 0 fully saturated rings. The number of hydrogen-bond donors (Lipinski definition) is 4. The minimum absolute atomic E-state index is 0.0999. The first kappa shape index (κ1) is 63.9. The summed E-state index contributed by atoms with van der Waals surface area (Å²) < 4.78 is 42.8. The summed E-state index contributed by atoms with van der Waals surface area (Å²) in [6.45, 7) is 1.96. The molecule has 21 nitrogen and oxygen atoms in total. The van der Waals surface area contributed by atoms with Crippen LogP contribution in [0.15, 0.2) is 170 Å². The van der Waals surface area contributed by atoms with Crippen molar-refractivity contribution in [3.63, 3.8) is 0 Å². The smallest absolute Gasteiger partial charge is 0.416 e. The lowest BCUT2D eigenvalue weighted by Crippen LogP contribution is -2.05. The van der Waals surface area contributed by atoms with E-state index >= 15 is 0 Å². The number of alkyl halides is 3. The minimum Gasteiger partial charge on any atom is -0.497 e. The van der Waals surface area contributed by atoms with Gasteiger partial charge < -0.3 is 25.2 Å². The lowest BCUT2D eigenvalue weighted by molar-refractivity contribution is -0.385. The zero-order chi connectivity index (χ0) is 62.0. The van der Waals surface area contributed by atoms with Gasteiger partial charge in [-0.2, -0.15) is 13.2 Å². The molecule has 0 unspecified atom stereocenters. The van der Waals surface area contributed by atoms with Gasteiger partial charge >= 0.3 is 30.1 Å². The van der Waals surface area contributed by atoms with Crippen molar-refractivity contribution in [3.05, 3.63) is 249 Å². The third-order valence-corrected chi connectivity index (χ3v) is 12.3. The summed E-state index contributed by atoms with van der Waals surface area (Å²) in [5, 5.41) is 79.4. The Kier molecular flexibility index (Phi) is 22.1. The van der Waals surface area contributed by atoms with Gasteiger partial charge in [-0.05, 0) is 134 Å². The van der Waals surface area contributed by atoms with Crippen molar-refractivity contribution in [1.29, 1.82) is 0 Å². The highest BCUT2D eigenvalue weighted by atomic mass is 35.5. The molecule has 0 saturated heterocycles. The van der Waals surface area contributed by atoms with E-state index in [0.29, 0.717) is 55.3 Å². The van der Waals surface area contributed by atoms with Crippen molar-refractivity contribution in [2.24, 2.45) is 0 Å². The Hall–Kier alpha value is -10.9. The Morgan fingerprint density at radius 1 is 0.429 bits per heavy atom. The van der Waals surface area contributed by atoms with Crippen molar-refractivity contribution in [1.82, 2.24) is 0 Å². The minimum atomic E-state index is -4.47. The number of rotatable bonds is 17. The molecular weight excluding hydrogens is 1130 g/mol. The second kappa shape index (κ2) is 29.0. The van der Waals surface area contributed by atoms with Crippen molar-refractivity contribution in [2.75, 3.05) is 7.11 Å². The fourth-order valence-electron chi connectivity index (χ4n) is 8.11. The summed E-state index contributed by atoms with van der Waals surface area (Å²) in [7, 11) is 1.55. The Balaban J connectivity index is 0.000000205. The van der Waals surface area contributed by atoms with Gasteiger partial charge in [0.15, 0.2) is 0 Å². The van der Waals surface area contributed by atoms with Gasteiger partial charge in [0, 0.05) is 53.6 Å². The van der Waals surface area contributed by atoms with E-state index < -0.39 is 61.7 Å². The van der Waals surface area contributed by atoms with Crippen LogP contribution in [0.5, 0.6) is 5.75 Å². The van der Waals surface area contributed by atoms with Crippen molar-refractivity contribution >= 4 is 58.2 Å². The van der Waals surface area contributed by atoms with Crippen LogP contribution in [0.25, 0.3) is 44.5 Å². The SMILES string of the molecule is COc1ccc(-c2ccc([N+](=O)[O-])cc2CC(=O)O)cc1.Cc1ccc(-c2ccc([N+](=O)[O-])cc2CC(=O)O)cc1.O=C(O)Cc1cc([N+](=O)[O-])ccc1-c1ccc(C(F)(F)F)cc1.O=C(O)Cc1cc([N+](=O)[O-])ccc1-c1ccc(Cl)cc1. The molecule has 0 aromatic heterocycles. The summed E-state index contributed by atoms with van der Waals surface area (Å²) in [6.07, 6.45) is -5.75. The maximum atomic E-state index is 12.6. The molecule has 432 valence electrons. The third-order valence-electron chi connectivity index (χ3n) is 12.0. The summed E-state index contributed by atoms with van der Waals surface area (Å²) in [4.78, 5) is 84.5. The summed E-state index contributed by atoms with van der Waals surface area (Å²) in [6, 6.07) is 42.0. The zero-order valence-corrected chi connectivity index (χ0v) is 44.6. The molecule has 0 amide bonds. The van der Waals surface area contributed by atoms with E-state index in [1.165, 1.54) is 60.7 Å². The largest absolute Gasteiger partial charge is 0.497 e. The topological polar surface area (TPSA) is 331 Å². The number of aliphatic carboxylic acids is 4. The fourth-order valence-corrected chi connectivity index (χ4v) is 8.24. The van der Waals surface area contributed by atoms with Crippen LogP contribution in [0, 0.1) is 47.4 Å². The normalized spacial score (nSPS) is 10.5. The molecule has 0 aliphatic rings. The number of nitro groups is 4. The number of carbonyl (C=O) groups is 4. The highest BCUT2D eigenvalue weighted by Crippen LogP contribution is 2.35. The number of carboxylic acids is 4. The zero-order valence-electron chi connectivity index (χ0n) is 43.9. The Bertz CT molecular complexity index is 3630. The first-order valence-electron chi connectivity index (χ1n) is 24.3. The molecule has 4 N–H and O–H groups in total. The van der Waals surface area contributed by atoms with Crippen LogP contribution in [0.4, 0.5) is 35.9 Å². The molecule has 25 heteroatoms. The van der Waals surface area contributed by atoms with Crippen LogP contribution >= 0.6 is 11.6 Å². The van der Waals surface area contributed by atoms with Crippen molar-refractivity contribution < 1.29 is 77.2 Å². The van der Waals surface area contributed by atoms with Crippen LogP contribution in [0.2, 0.25) is 5.02 Å². The number of non-ortho nitro benzene ring substituents is 4. The van der Waals surface area contributed by atoms with E-state index in [1.54, 1.807) is 73.8 Å². The molecule has 8 rings (SSSR count). The molecule has 84 heavy (non-hydrogen) atoms. The van der Waals surface area contributed by atoms with Gasteiger partial charge in [-0.1, -0.05) is 77.8 Å². The highest BCUT2D eigenvalue weighted by Gasteiger charge is 2.30. The number of ether oxygens (including phenoxy) is 1. The standard InChI is InChI=1S/C15H10F3NO4.C15H13NO5.C15H13NO4.C14H10ClNO4/c16-15(17,18)11-3-1-9(2-4-11)13-6-5-12(19(22)23)7-10(13)8-14(20)21;1-21-13-5-2-10(3-6-13)14-7-4-12(16(19)20)8-11(14)9-15(17)18;1-10-2-4-11(5-3-10)14-7-6-13(16(19)20)8-12(14)9-15(17)18;15-11-3-1-9(2-4-11)13-6-5-12(16(19)20)7-10(13)8-14(17)18/h1-7H,8H2,(H,20,21);2-8H,9H2,1H3,(H,17,18);2-8H,9H2,1H3,(H,17,18);1-7H,8H2,(H,17,18). The molecule has 0 radical (unpaired) electrons. The molecular formula is C59H46ClF3N4O17. The molecule has 0 atom stereocenters.